The van der Waals surface area contributed by atoms with Crippen molar-refractivity contribution in [3.63, 3.8) is 0 Å². The second-order valence-corrected chi connectivity index (χ2v) is 12.2. The number of rotatable bonds is 14. The summed E-state index contributed by atoms with van der Waals surface area (Å²) in [7, 11) is -3.82. The minimum Gasteiger partial charge on any atom is -0.464 e. The third-order valence-corrected chi connectivity index (χ3v) is 7.97. The number of hydrogen-bond donors (Lipinski definition) is 3. The maximum atomic E-state index is 14.1. The van der Waals surface area contributed by atoms with Gasteiger partial charge in [0.25, 0.3) is 13.4 Å². The number of carbonyl (C=O) groups is 2. The smallest absolute Gasteiger partial charge is 0.326 e. The van der Waals surface area contributed by atoms with E-state index in [1.54, 1.807) is 55.9 Å². The number of ether oxygens (including phenoxy) is 2. The lowest BCUT2D eigenvalue weighted by atomic mass is 10.1. The molecule has 0 aliphatic rings. The van der Waals surface area contributed by atoms with Crippen molar-refractivity contribution in [1.29, 1.82) is 0 Å². The van der Waals surface area contributed by atoms with Crippen LogP contribution >= 0.6 is 7.44 Å². The lowest BCUT2D eigenvalue weighted by Crippen LogP contribution is -2.49. The maximum absolute atomic E-state index is 14.1. The first-order valence-corrected chi connectivity index (χ1v) is 14.8. The molecule has 4 N–H and O–H groups in total. The number of anilines is 1. The average Bonchev–Trinajstić information content (AvgIpc) is 3.29. The topological polar surface area (TPSA) is 163 Å². The first kappa shape index (κ1) is 30.2. The summed E-state index contributed by atoms with van der Waals surface area (Å²) >= 11 is 0. The lowest BCUT2D eigenvalue weighted by molar-refractivity contribution is -0.149. The standard InChI is InChI=1S/C26H38N7O5P/c1-6-7-8-13-37-25(35)26(4,5)32-39(36,31-24(34)20-11-9-18(2)10-12-20)17-38-19(3)14-33-16-30-21-22(27)28-15-29-23(21)33/h9-12,15-16,19H,6-8,13-14,17H2,1-5H3,(H2,27,28,29)(H2,31,32,34,36)/t19-,39-/m1/s1. The van der Waals surface area contributed by atoms with Crippen molar-refractivity contribution >= 4 is 36.3 Å². The van der Waals surface area contributed by atoms with E-state index in [1.807, 2.05) is 6.92 Å². The molecule has 3 aromatic rings. The SMILES string of the molecule is CCCCCOC(=O)C(C)(C)N[P@@](=O)(CO[C@H](C)Cn1cnc2c(N)ncnc21)NC(=O)c1ccc(C)cc1. The van der Waals surface area contributed by atoms with Crippen molar-refractivity contribution < 1.29 is 23.6 Å². The summed E-state index contributed by atoms with van der Waals surface area (Å²) in [6.07, 6.45) is 4.75. The Bertz CT molecular complexity index is 1330. The van der Waals surface area contributed by atoms with Gasteiger partial charge >= 0.3 is 5.97 Å². The first-order valence-electron chi connectivity index (χ1n) is 12.9. The van der Waals surface area contributed by atoms with E-state index in [-0.39, 0.29) is 18.8 Å². The fraction of sp³-hybridized carbons (Fsp3) is 0.500. The number of unbranched alkanes of at least 4 members (excludes halogenated alkanes) is 2. The van der Waals surface area contributed by atoms with Crippen LogP contribution in [0, 0.1) is 6.92 Å². The lowest BCUT2D eigenvalue weighted by Gasteiger charge is -2.31. The summed E-state index contributed by atoms with van der Waals surface area (Å²) in [5.41, 5.74) is 6.84. The Morgan fingerprint density at radius 3 is 2.56 bits per heavy atom. The molecular formula is C26H38N7O5P. The van der Waals surface area contributed by atoms with E-state index in [1.165, 1.54) is 6.33 Å². The van der Waals surface area contributed by atoms with Gasteiger partial charge in [-0.05, 0) is 46.2 Å². The Hall–Kier alpha value is -3.34. The van der Waals surface area contributed by atoms with Crippen molar-refractivity contribution in [2.75, 3.05) is 18.7 Å². The third-order valence-electron chi connectivity index (χ3n) is 5.97. The molecule has 0 aliphatic carbocycles. The van der Waals surface area contributed by atoms with Crippen LogP contribution in [0.1, 0.15) is 62.9 Å². The fourth-order valence-corrected chi connectivity index (χ4v) is 5.92. The van der Waals surface area contributed by atoms with Gasteiger partial charge in [-0.2, -0.15) is 0 Å². The maximum Gasteiger partial charge on any atom is 0.326 e. The number of aromatic nitrogens is 4. The predicted octanol–water partition coefficient (Wildman–Crippen LogP) is 3.80. The molecule has 2 atom stereocenters. The zero-order valence-electron chi connectivity index (χ0n) is 23.1. The summed E-state index contributed by atoms with van der Waals surface area (Å²) in [5, 5.41) is 5.43. The molecule has 0 spiro atoms. The summed E-state index contributed by atoms with van der Waals surface area (Å²) in [6, 6.07) is 6.86. The number of nitrogen functional groups attached to an aromatic ring is 1. The van der Waals surface area contributed by atoms with Gasteiger partial charge in [0.05, 0.1) is 25.6 Å². The van der Waals surface area contributed by atoms with E-state index < -0.39 is 31.0 Å². The van der Waals surface area contributed by atoms with Crippen LogP contribution < -0.4 is 15.9 Å². The Labute approximate surface area is 228 Å². The molecule has 12 nitrogen and oxygen atoms in total. The Kier molecular flexibility index (Phi) is 10.2. The molecule has 0 aliphatic heterocycles. The van der Waals surface area contributed by atoms with Crippen molar-refractivity contribution in [2.24, 2.45) is 0 Å². The molecule has 0 fully saturated rings. The van der Waals surface area contributed by atoms with Crippen molar-refractivity contribution in [3.8, 4) is 0 Å². The molecule has 1 aromatic carbocycles. The number of aryl methyl sites for hydroxylation is 1. The van der Waals surface area contributed by atoms with E-state index in [4.69, 9.17) is 15.2 Å². The Balaban J connectivity index is 1.74. The molecule has 2 heterocycles. The van der Waals surface area contributed by atoms with E-state index in [9.17, 15) is 14.2 Å². The number of hydrogen-bond acceptors (Lipinski definition) is 9. The van der Waals surface area contributed by atoms with Gasteiger partial charge in [-0.15, -0.1) is 0 Å². The van der Waals surface area contributed by atoms with Crippen LogP contribution in [0.15, 0.2) is 36.9 Å². The van der Waals surface area contributed by atoms with Crippen LogP contribution in [0.2, 0.25) is 0 Å². The minimum absolute atomic E-state index is 0.262. The molecule has 0 bridgehead atoms. The number of nitrogens with two attached hydrogens (primary N) is 1. The molecule has 13 heteroatoms. The number of amides is 1. The van der Waals surface area contributed by atoms with E-state index in [0.717, 1.165) is 24.8 Å². The highest BCUT2D eigenvalue weighted by atomic mass is 31.2. The number of carbonyl (C=O) groups excluding carboxylic acids is 2. The quantitative estimate of drug-likeness (QED) is 0.150. The van der Waals surface area contributed by atoms with Crippen LogP contribution in [0.4, 0.5) is 5.82 Å². The number of nitrogens with zero attached hydrogens (tertiary/aromatic N) is 4. The summed E-state index contributed by atoms with van der Waals surface area (Å²) in [4.78, 5) is 38.2. The summed E-state index contributed by atoms with van der Waals surface area (Å²) in [6.45, 7) is 9.45. The van der Waals surface area contributed by atoms with Gasteiger partial charge in [-0.25, -0.2) is 20.0 Å². The fourth-order valence-electron chi connectivity index (χ4n) is 3.81. The van der Waals surface area contributed by atoms with Crippen LogP contribution in [-0.4, -0.2) is 56.0 Å². The molecule has 0 radical (unpaired) electrons. The minimum atomic E-state index is -3.82. The van der Waals surface area contributed by atoms with Crippen LogP contribution in [-0.2, 0) is 25.4 Å². The van der Waals surface area contributed by atoms with E-state index in [0.29, 0.717) is 23.3 Å². The zero-order valence-corrected chi connectivity index (χ0v) is 24.0. The number of esters is 1. The molecule has 1 amide bonds. The summed E-state index contributed by atoms with van der Waals surface area (Å²) < 4.78 is 27.2. The zero-order chi connectivity index (χ0) is 28.6. The van der Waals surface area contributed by atoms with Gasteiger partial charge < -0.3 is 19.8 Å². The molecular weight excluding hydrogens is 521 g/mol. The molecule has 0 saturated heterocycles. The highest BCUT2D eigenvalue weighted by Crippen LogP contribution is 2.40. The number of nitrogens with one attached hydrogen (secondary N) is 2. The average molecular weight is 560 g/mol. The largest absolute Gasteiger partial charge is 0.464 e. The van der Waals surface area contributed by atoms with Crippen LogP contribution in [0.3, 0.4) is 0 Å². The normalized spacial score (nSPS) is 14.1. The van der Waals surface area contributed by atoms with Crippen molar-refractivity contribution in [2.45, 2.75) is 72.1 Å². The van der Waals surface area contributed by atoms with Gasteiger partial charge in [0, 0.05) is 5.56 Å². The highest BCUT2D eigenvalue weighted by Gasteiger charge is 2.39. The number of imidazole rings is 1. The van der Waals surface area contributed by atoms with E-state index >= 15 is 0 Å². The molecule has 3 rings (SSSR count). The monoisotopic (exact) mass is 559 g/mol. The van der Waals surface area contributed by atoms with Gasteiger partial charge in [0.1, 0.15) is 23.7 Å². The van der Waals surface area contributed by atoms with Crippen molar-refractivity contribution in [3.05, 3.63) is 48.0 Å². The molecule has 39 heavy (non-hydrogen) atoms. The number of benzene rings is 1. The van der Waals surface area contributed by atoms with E-state index in [2.05, 4.69) is 32.1 Å². The van der Waals surface area contributed by atoms with Gasteiger partial charge in [0.15, 0.2) is 11.5 Å². The van der Waals surface area contributed by atoms with Crippen LogP contribution in [0.5, 0.6) is 0 Å². The number of fused-ring (bicyclic) bond motifs is 1. The van der Waals surface area contributed by atoms with Crippen molar-refractivity contribution in [1.82, 2.24) is 29.7 Å². The molecule has 212 valence electrons. The molecule has 0 unspecified atom stereocenters. The van der Waals surface area contributed by atoms with Gasteiger partial charge in [0.2, 0.25) is 0 Å². The van der Waals surface area contributed by atoms with Gasteiger partial charge in [-0.1, -0.05) is 37.5 Å². The second-order valence-electron chi connectivity index (χ2n) is 10.1. The first-order chi connectivity index (χ1) is 18.4. The molecule has 2 aromatic heterocycles. The molecule has 0 saturated carbocycles. The third kappa shape index (κ3) is 8.32. The van der Waals surface area contributed by atoms with Gasteiger partial charge in [-0.3, -0.25) is 19.2 Å². The highest BCUT2D eigenvalue weighted by molar-refractivity contribution is 7.60. The Morgan fingerprint density at radius 1 is 1.15 bits per heavy atom. The Morgan fingerprint density at radius 2 is 1.87 bits per heavy atom. The second kappa shape index (κ2) is 13.1. The van der Waals surface area contributed by atoms with Crippen LogP contribution in [0.25, 0.3) is 11.2 Å². The summed E-state index contributed by atoms with van der Waals surface area (Å²) in [5.74, 6) is -0.857. The predicted molar refractivity (Wildman–Crippen MR) is 149 cm³/mol.